The molecule has 0 aliphatic heterocycles. The topological polar surface area (TPSA) is 91.6 Å². The molecule has 1 aromatic heterocycles. The fourth-order valence-corrected chi connectivity index (χ4v) is 1.36. The number of carbonyl (C=O) groups excluding carboxylic acids is 2. The average molecular weight is 305 g/mol. The van der Waals surface area contributed by atoms with E-state index < -0.39 is 5.91 Å². The maximum absolute atomic E-state index is 11.4. The minimum Gasteiger partial charge on any atom is -0.444 e. The lowest BCUT2D eigenvalue weighted by molar-refractivity contribution is -0.120. The van der Waals surface area contributed by atoms with E-state index in [9.17, 15) is 9.59 Å². The van der Waals surface area contributed by atoms with Gasteiger partial charge in [-0.3, -0.25) is 9.59 Å². The number of aliphatic hydroxyl groups excluding tert-OH is 1. The summed E-state index contributed by atoms with van der Waals surface area (Å²) in [5.41, 5.74) is 0. The van der Waals surface area contributed by atoms with Gasteiger partial charge in [-0.25, -0.2) is 0 Å². The van der Waals surface area contributed by atoms with Crippen molar-refractivity contribution in [3.63, 3.8) is 0 Å². The quantitative estimate of drug-likeness (QED) is 0.658. The molecule has 0 aliphatic carbocycles. The highest BCUT2D eigenvalue weighted by atomic mass is 79.9. The van der Waals surface area contributed by atoms with Crippen molar-refractivity contribution in [3.8, 4) is 0 Å². The third-order valence-corrected chi connectivity index (χ3v) is 2.29. The molecule has 1 rings (SSSR count). The molecule has 7 heteroatoms. The van der Waals surface area contributed by atoms with Gasteiger partial charge in [-0.15, -0.1) is 0 Å². The molecular formula is C10H13BrN2O4. The maximum Gasteiger partial charge on any atom is 0.287 e. The van der Waals surface area contributed by atoms with Crippen LogP contribution >= 0.6 is 15.9 Å². The van der Waals surface area contributed by atoms with Gasteiger partial charge < -0.3 is 20.2 Å². The molecule has 1 aromatic rings. The van der Waals surface area contributed by atoms with Crippen LogP contribution in [0.2, 0.25) is 0 Å². The first kappa shape index (κ1) is 13.7. The Balaban J connectivity index is 2.26. The van der Waals surface area contributed by atoms with Crippen molar-refractivity contribution >= 4 is 27.7 Å². The Hall–Kier alpha value is -1.34. The summed E-state index contributed by atoms with van der Waals surface area (Å²) >= 11 is 3.07. The van der Waals surface area contributed by atoms with E-state index in [2.05, 4.69) is 26.6 Å². The molecule has 1 heterocycles. The third kappa shape index (κ3) is 5.01. The Morgan fingerprint density at radius 3 is 2.71 bits per heavy atom. The van der Waals surface area contributed by atoms with Crippen molar-refractivity contribution in [1.29, 1.82) is 0 Å². The summed E-state index contributed by atoms with van der Waals surface area (Å²) in [5, 5.41) is 13.5. The van der Waals surface area contributed by atoms with E-state index in [1.807, 2.05) is 0 Å². The molecule has 0 saturated carbocycles. The zero-order chi connectivity index (χ0) is 12.7. The third-order valence-electron chi connectivity index (χ3n) is 1.86. The van der Waals surface area contributed by atoms with E-state index in [1.54, 1.807) is 6.07 Å². The Morgan fingerprint density at radius 2 is 2.12 bits per heavy atom. The molecule has 0 saturated heterocycles. The van der Waals surface area contributed by atoms with Gasteiger partial charge in [0.25, 0.3) is 5.91 Å². The summed E-state index contributed by atoms with van der Waals surface area (Å²) in [6.45, 7) is 0.285. The summed E-state index contributed by atoms with van der Waals surface area (Å²) in [6.07, 6.45) is 0.491. The summed E-state index contributed by atoms with van der Waals surface area (Å²) in [4.78, 5) is 22.7. The first-order valence-electron chi connectivity index (χ1n) is 5.04. The Morgan fingerprint density at radius 1 is 1.35 bits per heavy atom. The fraction of sp³-hybridized carbons (Fsp3) is 0.400. The zero-order valence-electron chi connectivity index (χ0n) is 9.03. The van der Waals surface area contributed by atoms with E-state index in [1.165, 1.54) is 6.07 Å². The van der Waals surface area contributed by atoms with Gasteiger partial charge >= 0.3 is 0 Å². The van der Waals surface area contributed by atoms with Gasteiger partial charge in [-0.1, -0.05) is 0 Å². The monoisotopic (exact) mass is 304 g/mol. The number of furan rings is 1. The van der Waals surface area contributed by atoms with E-state index in [0.717, 1.165) is 0 Å². The Bertz CT molecular complexity index is 391. The number of amides is 2. The van der Waals surface area contributed by atoms with Gasteiger partial charge in [0.15, 0.2) is 10.4 Å². The molecule has 0 bridgehead atoms. The van der Waals surface area contributed by atoms with Crippen LogP contribution in [-0.4, -0.2) is 36.6 Å². The lowest BCUT2D eigenvalue weighted by Crippen LogP contribution is -2.37. The van der Waals surface area contributed by atoms with Crippen LogP contribution in [0.3, 0.4) is 0 Å². The van der Waals surface area contributed by atoms with Gasteiger partial charge in [0.1, 0.15) is 0 Å². The maximum atomic E-state index is 11.4. The molecule has 0 spiro atoms. The summed E-state index contributed by atoms with van der Waals surface area (Å²) < 4.78 is 5.47. The van der Waals surface area contributed by atoms with Crippen molar-refractivity contribution in [3.05, 3.63) is 22.6 Å². The van der Waals surface area contributed by atoms with Crippen molar-refractivity contribution in [2.45, 2.75) is 6.42 Å². The highest BCUT2D eigenvalue weighted by molar-refractivity contribution is 9.10. The number of aliphatic hydroxyl groups is 1. The number of carbonyl (C=O) groups is 2. The second kappa shape index (κ2) is 7.08. The number of nitrogens with one attached hydrogen (secondary N) is 2. The van der Waals surface area contributed by atoms with Crippen molar-refractivity contribution < 1.29 is 19.1 Å². The average Bonchev–Trinajstić information content (AvgIpc) is 2.73. The number of halogens is 1. The standard InChI is InChI=1S/C10H13BrN2O4/c11-8-3-2-7(17-8)10(16)13-6-9(15)12-4-1-5-14/h2-3,14H,1,4-6H2,(H,12,15)(H,13,16). The molecule has 6 nitrogen and oxygen atoms in total. The molecule has 0 aromatic carbocycles. The van der Waals surface area contributed by atoms with E-state index in [-0.39, 0.29) is 24.8 Å². The lowest BCUT2D eigenvalue weighted by atomic mass is 10.4. The predicted octanol–water partition coefficient (Wildman–Crippen LogP) is 0.270. The van der Waals surface area contributed by atoms with Gasteiger partial charge in [-0.05, 0) is 34.5 Å². The molecule has 17 heavy (non-hydrogen) atoms. The number of hydrogen-bond acceptors (Lipinski definition) is 4. The van der Waals surface area contributed by atoms with Crippen LogP contribution in [0, 0.1) is 0 Å². The molecule has 3 N–H and O–H groups in total. The van der Waals surface area contributed by atoms with Gasteiger partial charge in [0.05, 0.1) is 6.54 Å². The van der Waals surface area contributed by atoms with Crippen LogP contribution < -0.4 is 10.6 Å². The van der Waals surface area contributed by atoms with E-state index >= 15 is 0 Å². The lowest BCUT2D eigenvalue weighted by Gasteiger charge is -2.04. The highest BCUT2D eigenvalue weighted by Crippen LogP contribution is 2.13. The van der Waals surface area contributed by atoms with E-state index in [4.69, 9.17) is 9.52 Å². The van der Waals surface area contributed by atoms with Gasteiger partial charge in [-0.2, -0.15) is 0 Å². The van der Waals surface area contributed by atoms with Crippen LogP contribution in [0.25, 0.3) is 0 Å². The summed E-state index contributed by atoms with van der Waals surface area (Å²) in [6, 6.07) is 3.10. The van der Waals surface area contributed by atoms with Crippen LogP contribution in [-0.2, 0) is 4.79 Å². The normalized spacial score (nSPS) is 10.0. The molecule has 2 amide bonds. The van der Waals surface area contributed by atoms with Crippen molar-refractivity contribution in [1.82, 2.24) is 10.6 Å². The second-order valence-corrected chi connectivity index (χ2v) is 4.00. The predicted molar refractivity (Wildman–Crippen MR) is 63.5 cm³/mol. The summed E-state index contributed by atoms with van der Waals surface area (Å²) in [5.74, 6) is -0.620. The minimum atomic E-state index is -0.451. The Labute approximate surface area is 106 Å². The van der Waals surface area contributed by atoms with Crippen LogP contribution in [0.15, 0.2) is 21.2 Å². The van der Waals surface area contributed by atoms with Crippen LogP contribution in [0.5, 0.6) is 0 Å². The number of hydrogen-bond donors (Lipinski definition) is 3. The van der Waals surface area contributed by atoms with Gasteiger partial charge in [0.2, 0.25) is 5.91 Å². The van der Waals surface area contributed by atoms with Gasteiger partial charge in [0, 0.05) is 13.2 Å². The van der Waals surface area contributed by atoms with Crippen molar-refractivity contribution in [2.75, 3.05) is 19.7 Å². The molecule has 94 valence electrons. The minimum absolute atomic E-state index is 0.0209. The zero-order valence-corrected chi connectivity index (χ0v) is 10.6. The molecule has 0 unspecified atom stereocenters. The first-order valence-corrected chi connectivity index (χ1v) is 5.84. The molecule has 0 radical (unpaired) electrons. The second-order valence-electron chi connectivity index (χ2n) is 3.21. The first-order chi connectivity index (χ1) is 8.13. The fourth-order valence-electron chi connectivity index (χ4n) is 1.05. The SMILES string of the molecule is O=C(CNC(=O)c1ccc(Br)o1)NCCCO. The molecule has 0 atom stereocenters. The molecular weight excluding hydrogens is 292 g/mol. The highest BCUT2D eigenvalue weighted by Gasteiger charge is 2.11. The van der Waals surface area contributed by atoms with Crippen molar-refractivity contribution in [2.24, 2.45) is 0 Å². The van der Waals surface area contributed by atoms with Crippen LogP contribution in [0.4, 0.5) is 0 Å². The number of rotatable bonds is 6. The Kier molecular flexibility index (Phi) is 5.71. The summed E-state index contributed by atoms with van der Waals surface area (Å²) in [7, 11) is 0. The largest absolute Gasteiger partial charge is 0.444 e. The van der Waals surface area contributed by atoms with Crippen LogP contribution in [0.1, 0.15) is 17.0 Å². The molecule has 0 fully saturated rings. The molecule has 0 aliphatic rings. The smallest absolute Gasteiger partial charge is 0.287 e. The van der Waals surface area contributed by atoms with E-state index in [0.29, 0.717) is 17.6 Å².